The van der Waals surface area contributed by atoms with Crippen LogP contribution in [0.5, 0.6) is 0 Å². The van der Waals surface area contributed by atoms with Crippen LogP contribution in [0.15, 0.2) is 85.5 Å². The number of ketones is 1. The minimum atomic E-state index is -0.268. The second-order valence-electron chi connectivity index (χ2n) is 7.86. The van der Waals surface area contributed by atoms with Gasteiger partial charge >= 0.3 is 0 Å². The van der Waals surface area contributed by atoms with Gasteiger partial charge in [-0.1, -0.05) is 54.6 Å². The first kappa shape index (κ1) is 21.2. The van der Waals surface area contributed by atoms with Gasteiger partial charge in [-0.05, 0) is 48.2 Å². The molecule has 0 fully saturated rings. The third-order valence-electron chi connectivity index (χ3n) is 5.66. The van der Waals surface area contributed by atoms with Gasteiger partial charge in [0.2, 0.25) is 0 Å². The van der Waals surface area contributed by atoms with Crippen LogP contribution in [0.25, 0.3) is 0 Å². The fraction of sp³-hybridized carbons (Fsp3) is 0.148. The molecule has 0 spiro atoms. The van der Waals surface area contributed by atoms with Crippen molar-refractivity contribution < 1.29 is 9.59 Å². The molecular formula is C27H25N3O2. The molecule has 0 aliphatic rings. The Morgan fingerprint density at radius 3 is 2.31 bits per heavy atom. The largest absolute Gasteiger partial charge is 0.348 e. The predicted molar refractivity (Wildman–Crippen MR) is 125 cm³/mol. The Balaban J connectivity index is 1.53. The maximum absolute atomic E-state index is 13.2. The molecule has 0 saturated carbocycles. The first-order valence-electron chi connectivity index (χ1n) is 10.5. The van der Waals surface area contributed by atoms with Crippen LogP contribution in [-0.4, -0.2) is 21.2 Å². The van der Waals surface area contributed by atoms with Gasteiger partial charge in [0.1, 0.15) is 0 Å². The van der Waals surface area contributed by atoms with E-state index in [1.54, 1.807) is 36.8 Å². The topological polar surface area (TPSA) is 64.0 Å². The summed E-state index contributed by atoms with van der Waals surface area (Å²) in [4.78, 5) is 30.3. The SMILES string of the molecule is Cc1ccc(C(=O)c2ccccc2C(=O)NCc2ccccc2Cn2ccnc2)cc1C. The molecule has 0 atom stereocenters. The summed E-state index contributed by atoms with van der Waals surface area (Å²) < 4.78 is 1.98. The summed E-state index contributed by atoms with van der Waals surface area (Å²) in [7, 11) is 0. The maximum atomic E-state index is 13.2. The Kier molecular flexibility index (Phi) is 6.26. The zero-order valence-corrected chi connectivity index (χ0v) is 18.2. The Labute approximate surface area is 187 Å². The van der Waals surface area contributed by atoms with Crippen molar-refractivity contribution in [2.75, 3.05) is 0 Å². The highest BCUT2D eigenvalue weighted by molar-refractivity contribution is 6.15. The molecule has 1 N–H and O–H groups in total. The number of rotatable bonds is 7. The van der Waals surface area contributed by atoms with Gasteiger partial charge < -0.3 is 9.88 Å². The van der Waals surface area contributed by atoms with Crippen molar-refractivity contribution in [1.29, 1.82) is 0 Å². The van der Waals surface area contributed by atoms with E-state index in [4.69, 9.17) is 0 Å². The van der Waals surface area contributed by atoms with Gasteiger partial charge in [-0.2, -0.15) is 0 Å². The van der Waals surface area contributed by atoms with Gasteiger partial charge in [0.05, 0.1) is 11.9 Å². The molecule has 160 valence electrons. The van der Waals surface area contributed by atoms with Gasteiger partial charge in [0.15, 0.2) is 5.78 Å². The summed E-state index contributed by atoms with van der Waals surface area (Å²) in [5.41, 5.74) is 5.66. The van der Waals surface area contributed by atoms with Crippen LogP contribution in [0, 0.1) is 13.8 Å². The Hall–Kier alpha value is -3.99. The van der Waals surface area contributed by atoms with E-state index in [1.807, 2.05) is 67.1 Å². The van der Waals surface area contributed by atoms with E-state index in [-0.39, 0.29) is 11.7 Å². The summed E-state index contributed by atoms with van der Waals surface area (Å²) >= 11 is 0. The van der Waals surface area contributed by atoms with Crippen LogP contribution < -0.4 is 5.32 Å². The molecule has 1 aromatic heterocycles. The van der Waals surface area contributed by atoms with Crippen molar-refractivity contribution >= 4 is 11.7 Å². The second-order valence-corrected chi connectivity index (χ2v) is 7.86. The zero-order chi connectivity index (χ0) is 22.5. The van der Waals surface area contributed by atoms with Crippen LogP contribution in [-0.2, 0) is 13.1 Å². The Bertz CT molecular complexity index is 1260. The van der Waals surface area contributed by atoms with E-state index in [1.165, 1.54) is 0 Å². The lowest BCUT2D eigenvalue weighted by Gasteiger charge is -2.13. The van der Waals surface area contributed by atoms with Crippen LogP contribution in [0.4, 0.5) is 0 Å². The Morgan fingerprint density at radius 1 is 0.875 bits per heavy atom. The minimum Gasteiger partial charge on any atom is -0.348 e. The van der Waals surface area contributed by atoms with Crippen molar-refractivity contribution in [3.63, 3.8) is 0 Å². The Morgan fingerprint density at radius 2 is 1.59 bits per heavy atom. The highest BCUT2D eigenvalue weighted by atomic mass is 16.2. The van der Waals surface area contributed by atoms with Gasteiger partial charge in [-0.3, -0.25) is 9.59 Å². The summed E-state index contributed by atoms with van der Waals surface area (Å²) in [6.45, 7) is 5.03. The third kappa shape index (κ3) is 4.67. The molecule has 4 aromatic rings. The highest BCUT2D eigenvalue weighted by Gasteiger charge is 2.18. The molecule has 4 rings (SSSR count). The molecule has 0 saturated heterocycles. The quantitative estimate of drug-likeness (QED) is 0.438. The monoisotopic (exact) mass is 423 g/mol. The first-order chi connectivity index (χ1) is 15.5. The van der Waals surface area contributed by atoms with Crippen LogP contribution in [0.1, 0.15) is 48.5 Å². The molecule has 0 unspecified atom stereocenters. The van der Waals surface area contributed by atoms with Crippen LogP contribution in [0.3, 0.4) is 0 Å². The standard InChI is InChI=1S/C27H25N3O2/c1-19-11-12-21(15-20(19)2)26(31)24-9-5-6-10-25(24)27(32)29-16-22-7-3-4-8-23(22)17-30-14-13-28-18-30/h3-15,18H,16-17H2,1-2H3,(H,29,32). The molecule has 0 radical (unpaired) electrons. The van der Waals surface area contributed by atoms with Crippen molar-refractivity contribution in [3.8, 4) is 0 Å². The lowest BCUT2D eigenvalue weighted by Crippen LogP contribution is -2.25. The number of aryl methyl sites for hydroxylation is 2. The molecule has 3 aromatic carbocycles. The van der Waals surface area contributed by atoms with Crippen molar-refractivity contribution in [2.24, 2.45) is 0 Å². The number of benzene rings is 3. The molecule has 1 heterocycles. The molecule has 0 aliphatic carbocycles. The molecule has 5 heteroatoms. The van der Waals surface area contributed by atoms with E-state index in [0.29, 0.717) is 29.8 Å². The molecule has 1 amide bonds. The zero-order valence-electron chi connectivity index (χ0n) is 18.2. The van der Waals surface area contributed by atoms with Crippen molar-refractivity contribution in [2.45, 2.75) is 26.9 Å². The van der Waals surface area contributed by atoms with Gasteiger partial charge in [0.25, 0.3) is 5.91 Å². The van der Waals surface area contributed by atoms with Crippen LogP contribution in [0.2, 0.25) is 0 Å². The molecule has 32 heavy (non-hydrogen) atoms. The molecule has 0 bridgehead atoms. The fourth-order valence-electron chi connectivity index (χ4n) is 3.65. The summed E-state index contributed by atoms with van der Waals surface area (Å²) in [6.07, 6.45) is 5.42. The molecule has 0 aliphatic heterocycles. The summed E-state index contributed by atoms with van der Waals surface area (Å²) in [5.74, 6) is -0.422. The number of nitrogens with zero attached hydrogens (tertiary/aromatic N) is 2. The third-order valence-corrected chi connectivity index (χ3v) is 5.66. The normalized spacial score (nSPS) is 10.7. The number of aromatic nitrogens is 2. The minimum absolute atomic E-state index is 0.153. The van der Waals surface area contributed by atoms with Crippen molar-refractivity contribution in [1.82, 2.24) is 14.9 Å². The summed E-state index contributed by atoms with van der Waals surface area (Å²) in [5, 5.41) is 2.99. The van der Waals surface area contributed by atoms with E-state index in [0.717, 1.165) is 22.3 Å². The van der Waals surface area contributed by atoms with E-state index in [2.05, 4.69) is 10.3 Å². The van der Waals surface area contributed by atoms with E-state index >= 15 is 0 Å². The molecular weight excluding hydrogens is 398 g/mol. The number of hydrogen-bond donors (Lipinski definition) is 1. The van der Waals surface area contributed by atoms with Crippen LogP contribution >= 0.6 is 0 Å². The predicted octanol–water partition coefficient (Wildman–Crippen LogP) is 4.71. The first-order valence-corrected chi connectivity index (χ1v) is 10.5. The fourth-order valence-corrected chi connectivity index (χ4v) is 3.65. The summed E-state index contributed by atoms with van der Waals surface area (Å²) in [6, 6.07) is 20.6. The lowest BCUT2D eigenvalue weighted by molar-refractivity contribution is 0.0939. The average molecular weight is 424 g/mol. The number of amides is 1. The van der Waals surface area contributed by atoms with Crippen molar-refractivity contribution in [3.05, 3.63) is 124 Å². The number of carbonyl (C=O) groups is 2. The number of imidazole rings is 1. The number of nitrogens with one attached hydrogen (secondary N) is 1. The van der Waals surface area contributed by atoms with Gasteiger partial charge in [-0.25, -0.2) is 4.98 Å². The second kappa shape index (κ2) is 9.43. The van der Waals surface area contributed by atoms with Gasteiger partial charge in [-0.15, -0.1) is 0 Å². The molecule has 5 nitrogen and oxygen atoms in total. The maximum Gasteiger partial charge on any atom is 0.252 e. The number of hydrogen-bond acceptors (Lipinski definition) is 3. The average Bonchev–Trinajstić information content (AvgIpc) is 3.33. The van der Waals surface area contributed by atoms with Gasteiger partial charge in [0, 0.05) is 36.6 Å². The smallest absolute Gasteiger partial charge is 0.252 e. The van der Waals surface area contributed by atoms with E-state index < -0.39 is 0 Å². The lowest BCUT2D eigenvalue weighted by atomic mass is 9.95. The van der Waals surface area contributed by atoms with E-state index in [9.17, 15) is 9.59 Å². The highest BCUT2D eigenvalue weighted by Crippen LogP contribution is 2.18. The number of carbonyl (C=O) groups excluding carboxylic acids is 2.